The van der Waals surface area contributed by atoms with E-state index in [1.165, 1.54) is 12.1 Å². The van der Waals surface area contributed by atoms with Gasteiger partial charge in [0.15, 0.2) is 0 Å². The standard InChI is InChI=1S/C14H15Br2FN2O/c1-3-11-14(16)12(19(4-2)18-11)8-20-13-7-9(17)5-6-10(13)15/h5-7H,3-4,8H2,1-2H3. The van der Waals surface area contributed by atoms with Gasteiger partial charge in [-0.3, -0.25) is 4.68 Å². The quantitative estimate of drug-likeness (QED) is 0.720. The van der Waals surface area contributed by atoms with Gasteiger partial charge in [0.25, 0.3) is 0 Å². The zero-order chi connectivity index (χ0) is 14.7. The lowest BCUT2D eigenvalue weighted by Gasteiger charge is -2.10. The first-order valence-electron chi connectivity index (χ1n) is 6.38. The molecule has 2 rings (SSSR count). The summed E-state index contributed by atoms with van der Waals surface area (Å²) in [6.07, 6.45) is 0.851. The summed E-state index contributed by atoms with van der Waals surface area (Å²) < 4.78 is 22.5. The van der Waals surface area contributed by atoms with Gasteiger partial charge in [-0.05, 0) is 57.3 Å². The second-order valence-electron chi connectivity index (χ2n) is 4.24. The van der Waals surface area contributed by atoms with E-state index in [0.717, 1.165) is 33.3 Å². The van der Waals surface area contributed by atoms with Crippen molar-refractivity contribution in [3.8, 4) is 5.75 Å². The lowest BCUT2D eigenvalue weighted by molar-refractivity contribution is 0.288. The zero-order valence-electron chi connectivity index (χ0n) is 11.3. The summed E-state index contributed by atoms with van der Waals surface area (Å²) in [7, 11) is 0. The number of halogens is 3. The minimum Gasteiger partial charge on any atom is -0.486 e. The summed E-state index contributed by atoms with van der Waals surface area (Å²) in [5, 5.41) is 4.50. The molecule has 0 atom stereocenters. The van der Waals surface area contributed by atoms with Crippen molar-refractivity contribution < 1.29 is 9.13 Å². The molecule has 3 nitrogen and oxygen atoms in total. The monoisotopic (exact) mass is 404 g/mol. The topological polar surface area (TPSA) is 27.1 Å². The average molecular weight is 406 g/mol. The van der Waals surface area contributed by atoms with Gasteiger partial charge in [0.2, 0.25) is 0 Å². The van der Waals surface area contributed by atoms with Crippen LogP contribution in [0.25, 0.3) is 0 Å². The molecule has 0 aliphatic rings. The van der Waals surface area contributed by atoms with Crippen LogP contribution < -0.4 is 4.74 Å². The van der Waals surface area contributed by atoms with Gasteiger partial charge in [-0.1, -0.05) is 6.92 Å². The Bertz CT molecular complexity index is 613. The van der Waals surface area contributed by atoms with Crippen molar-refractivity contribution in [1.82, 2.24) is 9.78 Å². The smallest absolute Gasteiger partial charge is 0.136 e. The van der Waals surface area contributed by atoms with Crippen LogP contribution in [0.3, 0.4) is 0 Å². The zero-order valence-corrected chi connectivity index (χ0v) is 14.5. The minimum absolute atomic E-state index is 0.319. The normalized spacial score (nSPS) is 10.8. The SMILES string of the molecule is CCc1nn(CC)c(COc2cc(F)ccc2Br)c1Br. The van der Waals surface area contributed by atoms with E-state index in [4.69, 9.17) is 4.74 Å². The van der Waals surface area contributed by atoms with Crippen molar-refractivity contribution in [2.24, 2.45) is 0 Å². The number of hydrogen-bond donors (Lipinski definition) is 0. The average Bonchev–Trinajstić information content (AvgIpc) is 2.75. The first-order chi connectivity index (χ1) is 9.56. The Kier molecular flexibility index (Phi) is 5.21. The third-order valence-electron chi connectivity index (χ3n) is 2.95. The van der Waals surface area contributed by atoms with E-state index in [1.54, 1.807) is 6.07 Å². The first kappa shape index (κ1) is 15.5. The van der Waals surface area contributed by atoms with Crippen molar-refractivity contribution in [3.63, 3.8) is 0 Å². The third kappa shape index (κ3) is 3.23. The van der Waals surface area contributed by atoms with E-state index in [-0.39, 0.29) is 5.82 Å². The minimum atomic E-state index is -0.319. The van der Waals surface area contributed by atoms with Crippen LogP contribution in [-0.2, 0) is 19.6 Å². The maximum absolute atomic E-state index is 13.2. The van der Waals surface area contributed by atoms with Gasteiger partial charge in [0.1, 0.15) is 18.2 Å². The molecular weight excluding hydrogens is 391 g/mol. The molecule has 0 saturated heterocycles. The summed E-state index contributed by atoms with van der Waals surface area (Å²) in [6.45, 7) is 5.19. The highest BCUT2D eigenvalue weighted by Crippen LogP contribution is 2.28. The van der Waals surface area contributed by atoms with Gasteiger partial charge < -0.3 is 4.74 Å². The molecule has 0 spiro atoms. The van der Waals surface area contributed by atoms with Crippen LogP contribution in [0.4, 0.5) is 4.39 Å². The van der Waals surface area contributed by atoms with Crippen molar-refractivity contribution >= 4 is 31.9 Å². The number of aromatic nitrogens is 2. The summed E-state index contributed by atoms with van der Waals surface area (Å²) in [5.74, 6) is 0.166. The van der Waals surface area contributed by atoms with Crippen LogP contribution in [0.1, 0.15) is 25.2 Å². The molecule has 2 aromatic rings. The van der Waals surface area contributed by atoms with E-state index in [9.17, 15) is 4.39 Å². The highest BCUT2D eigenvalue weighted by molar-refractivity contribution is 9.10. The Morgan fingerprint density at radius 2 is 2.05 bits per heavy atom. The molecule has 0 aliphatic carbocycles. The molecule has 0 unspecified atom stereocenters. The molecule has 108 valence electrons. The lowest BCUT2D eigenvalue weighted by Crippen LogP contribution is -2.07. The summed E-state index contributed by atoms with van der Waals surface area (Å²) in [6, 6.07) is 4.39. The van der Waals surface area contributed by atoms with E-state index in [1.807, 2.05) is 11.6 Å². The van der Waals surface area contributed by atoms with Gasteiger partial charge in [0.05, 0.1) is 20.3 Å². The fraction of sp³-hybridized carbons (Fsp3) is 0.357. The van der Waals surface area contributed by atoms with E-state index in [2.05, 4.69) is 43.9 Å². The van der Waals surface area contributed by atoms with E-state index < -0.39 is 0 Å². The number of benzene rings is 1. The van der Waals surface area contributed by atoms with Crippen molar-refractivity contribution in [1.29, 1.82) is 0 Å². The molecule has 0 saturated carbocycles. The van der Waals surface area contributed by atoms with Gasteiger partial charge in [0, 0.05) is 12.6 Å². The van der Waals surface area contributed by atoms with Gasteiger partial charge in [-0.25, -0.2) is 4.39 Å². The largest absolute Gasteiger partial charge is 0.486 e. The lowest BCUT2D eigenvalue weighted by atomic mass is 10.3. The second kappa shape index (κ2) is 6.72. The molecule has 0 radical (unpaired) electrons. The van der Waals surface area contributed by atoms with Crippen LogP contribution in [0.5, 0.6) is 5.75 Å². The predicted molar refractivity (Wildman–Crippen MR) is 83.4 cm³/mol. The van der Waals surface area contributed by atoms with Gasteiger partial charge in [-0.15, -0.1) is 0 Å². The Hall–Kier alpha value is -0.880. The molecular formula is C14H15Br2FN2O. The van der Waals surface area contributed by atoms with Crippen molar-refractivity contribution in [3.05, 3.63) is 44.3 Å². The van der Waals surface area contributed by atoms with Crippen LogP contribution >= 0.6 is 31.9 Å². The van der Waals surface area contributed by atoms with Gasteiger partial charge >= 0.3 is 0 Å². The second-order valence-corrected chi connectivity index (χ2v) is 5.89. The van der Waals surface area contributed by atoms with E-state index >= 15 is 0 Å². The van der Waals surface area contributed by atoms with Crippen LogP contribution in [0, 0.1) is 5.82 Å². The third-order valence-corrected chi connectivity index (χ3v) is 4.52. The first-order valence-corrected chi connectivity index (χ1v) is 7.97. The summed E-state index contributed by atoms with van der Waals surface area (Å²) in [5.41, 5.74) is 1.96. The molecule has 0 amide bonds. The van der Waals surface area contributed by atoms with Crippen LogP contribution in [0.2, 0.25) is 0 Å². The number of hydrogen-bond acceptors (Lipinski definition) is 2. The fourth-order valence-electron chi connectivity index (χ4n) is 1.89. The molecule has 6 heteroatoms. The molecule has 0 bridgehead atoms. The molecule has 1 heterocycles. The molecule has 20 heavy (non-hydrogen) atoms. The Labute approximate surface area is 134 Å². The molecule has 0 N–H and O–H groups in total. The number of nitrogens with zero attached hydrogens (tertiary/aromatic N) is 2. The molecule has 1 aromatic heterocycles. The maximum atomic E-state index is 13.2. The summed E-state index contributed by atoms with van der Waals surface area (Å²) in [4.78, 5) is 0. The Morgan fingerprint density at radius 3 is 2.70 bits per heavy atom. The highest BCUT2D eigenvalue weighted by atomic mass is 79.9. The van der Waals surface area contributed by atoms with Crippen LogP contribution in [-0.4, -0.2) is 9.78 Å². The number of aryl methyl sites for hydroxylation is 2. The van der Waals surface area contributed by atoms with Crippen molar-refractivity contribution in [2.45, 2.75) is 33.4 Å². The van der Waals surface area contributed by atoms with Crippen LogP contribution in [0.15, 0.2) is 27.1 Å². The van der Waals surface area contributed by atoms with Gasteiger partial charge in [-0.2, -0.15) is 5.10 Å². The number of ether oxygens (including phenoxy) is 1. The number of rotatable bonds is 5. The highest BCUT2D eigenvalue weighted by Gasteiger charge is 2.15. The molecule has 0 fully saturated rings. The maximum Gasteiger partial charge on any atom is 0.136 e. The molecule has 0 aliphatic heterocycles. The van der Waals surface area contributed by atoms with Crippen molar-refractivity contribution in [2.75, 3.05) is 0 Å². The fourth-order valence-corrected chi connectivity index (χ4v) is 2.93. The Morgan fingerprint density at radius 1 is 1.30 bits per heavy atom. The predicted octanol–water partition coefficient (Wildman–Crippen LogP) is 4.71. The Balaban J connectivity index is 2.22. The molecule has 1 aromatic carbocycles. The summed E-state index contributed by atoms with van der Waals surface area (Å²) >= 11 is 6.91. The van der Waals surface area contributed by atoms with E-state index in [0.29, 0.717) is 12.4 Å².